The summed E-state index contributed by atoms with van der Waals surface area (Å²) < 4.78 is 1.86. The number of aromatic nitrogens is 2. The lowest BCUT2D eigenvalue weighted by molar-refractivity contribution is 0.242. The molecule has 4 nitrogen and oxygen atoms in total. The van der Waals surface area contributed by atoms with Crippen LogP contribution in [0.2, 0.25) is 0 Å². The van der Waals surface area contributed by atoms with E-state index < -0.39 is 0 Å². The second kappa shape index (κ2) is 6.07. The zero-order chi connectivity index (χ0) is 16.8. The van der Waals surface area contributed by atoms with Gasteiger partial charge in [-0.25, -0.2) is 4.98 Å². The Kier molecular flexibility index (Phi) is 3.71. The quantitative estimate of drug-likeness (QED) is 0.712. The number of aryl methyl sites for hydroxylation is 2. The maximum absolute atomic E-state index is 12.7. The molecule has 3 aromatic rings. The molecule has 0 amide bonds. The lowest BCUT2D eigenvalue weighted by Crippen LogP contribution is -2.31. The Morgan fingerprint density at radius 2 is 1.92 bits per heavy atom. The van der Waals surface area contributed by atoms with E-state index in [1.54, 1.807) is 17.4 Å². The Hall–Kier alpha value is -1.98. The van der Waals surface area contributed by atoms with Gasteiger partial charge in [0.2, 0.25) is 0 Å². The monoisotopic (exact) mass is 351 g/mol. The fourth-order valence-corrected chi connectivity index (χ4v) is 5.37. The van der Waals surface area contributed by atoms with Gasteiger partial charge >= 0.3 is 0 Å². The van der Waals surface area contributed by atoms with E-state index in [0.717, 1.165) is 49.6 Å². The number of benzene rings is 1. The Bertz CT molecular complexity index is 1000. The molecule has 1 aliphatic carbocycles. The zero-order valence-corrected chi connectivity index (χ0v) is 15.0. The molecule has 0 bridgehead atoms. The zero-order valence-electron chi connectivity index (χ0n) is 14.2. The molecule has 0 radical (unpaired) electrons. The summed E-state index contributed by atoms with van der Waals surface area (Å²) in [5.74, 6) is 0. The summed E-state index contributed by atoms with van der Waals surface area (Å²) in [6, 6.07) is 10.4. The molecule has 128 valence electrons. The van der Waals surface area contributed by atoms with Crippen LogP contribution in [0.5, 0.6) is 0 Å². The van der Waals surface area contributed by atoms with Crippen molar-refractivity contribution in [2.75, 3.05) is 6.54 Å². The van der Waals surface area contributed by atoms with E-state index in [0.29, 0.717) is 0 Å². The molecule has 0 atom stereocenters. The van der Waals surface area contributed by atoms with Gasteiger partial charge in [-0.2, -0.15) is 0 Å². The predicted octanol–water partition coefficient (Wildman–Crippen LogP) is 3.19. The molecule has 0 unspecified atom stereocenters. The summed E-state index contributed by atoms with van der Waals surface area (Å²) >= 11 is 1.71. The Labute approximate surface area is 150 Å². The van der Waals surface area contributed by atoms with Gasteiger partial charge in [-0.1, -0.05) is 24.3 Å². The van der Waals surface area contributed by atoms with Gasteiger partial charge in [-0.05, 0) is 43.2 Å². The van der Waals surface area contributed by atoms with Gasteiger partial charge in [-0.3, -0.25) is 14.1 Å². The van der Waals surface area contributed by atoms with Gasteiger partial charge in [0.1, 0.15) is 0 Å². The third-order valence-corrected chi connectivity index (χ3v) is 6.55. The average molecular weight is 351 g/mol. The van der Waals surface area contributed by atoms with Crippen LogP contribution in [0.1, 0.15) is 40.2 Å². The van der Waals surface area contributed by atoms with Crippen LogP contribution >= 0.6 is 11.3 Å². The Morgan fingerprint density at radius 1 is 1.08 bits per heavy atom. The molecule has 0 N–H and O–H groups in total. The maximum atomic E-state index is 12.7. The molecule has 5 heteroatoms. The van der Waals surface area contributed by atoms with E-state index in [1.807, 2.05) is 4.40 Å². The van der Waals surface area contributed by atoms with E-state index >= 15 is 0 Å². The van der Waals surface area contributed by atoms with Gasteiger partial charge in [0.15, 0.2) is 4.96 Å². The highest BCUT2D eigenvalue weighted by atomic mass is 32.1. The molecule has 0 saturated heterocycles. The topological polar surface area (TPSA) is 37.6 Å². The second-order valence-electron chi connectivity index (χ2n) is 7.11. The summed E-state index contributed by atoms with van der Waals surface area (Å²) in [4.78, 5) is 22.2. The van der Waals surface area contributed by atoms with Gasteiger partial charge in [-0.15, -0.1) is 11.3 Å². The number of fused-ring (bicyclic) bond motifs is 4. The molecule has 1 aliphatic heterocycles. The number of hydrogen-bond acceptors (Lipinski definition) is 4. The normalized spacial score (nSPS) is 17.4. The van der Waals surface area contributed by atoms with Crippen LogP contribution < -0.4 is 5.56 Å². The lowest BCUT2D eigenvalue weighted by atomic mass is 10.00. The highest BCUT2D eigenvalue weighted by Gasteiger charge is 2.20. The van der Waals surface area contributed by atoms with Crippen molar-refractivity contribution in [3.63, 3.8) is 0 Å². The molecule has 25 heavy (non-hydrogen) atoms. The lowest BCUT2D eigenvalue weighted by Gasteiger charge is -2.28. The molecule has 1 aromatic carbocycles. The van der Waals surface area contributed by atoms with Crippen LogP contribution in [0, 0.1) is 0 Å². The molecule has 2 aromatic heterocycles. The van der Waals surface area contributed by atoms with E-state index in [-0.39, 0.29) is 5.56 Å². The largest absolute Gasteiger partial charge is 0.293 e. The first-order valence-electron chi connectivity index (χ1n) is 9.10. The molecule has 0 saturated carbocycles. The van der Waals surface area contributed by atoms with Crippen molar-refractivity contribution in [2.24, 2.45) is 0 Å². The van der Waals surface area contributed by atoms with E-state index in [2.05, 4.69) is 29.2 Å². The predicted molar refractivity (Wildman–Crippen MR) is 100 cm³/mol. The van der Waals surface area contributed by atoms with Crippen LogP contribution in [-0.2, 0) is 32.4 Å². The molecule has 0 fully saturated rings. The minimum Gasteiger partial charge on any atom is -0.293 e. The van der Waals surface area contributed by atoms with Gasteiger partial charge in [0.05, 0.1) is 5.69 Å². The summed E-state index contributed by atoms with van der Waals surface area (Å²) in [5, 5.41) is 0. The third-order valence-electron chi connectivity index (χ3n) is 5.41. The van der Waals surface area contributed by atoms with Crippen LogP contribution in [0.25, 0.3) is 4.96 Å². The molecule has 3 heterocycles. The van der Waals surface area contributed by atoms with Crippen molar-refractivity contribution in [1.29, 1.82) is 0 Å². The highest BCUT2D eigenvalue weighted by molar-refractivity contribution is 7.17. The fraction of sp³-hybridized carbons (Fsp3) is 0.400. The molecular weight excluding hydrogens is 330 g/mol. The minimum absolute atomic E-state index is 0.0943. The van der Waals surface area contributed by atoms with E-state index in [9.17, 15) is 4.79 Å². The van der Waals surface area contributed by atoms with Crippen molar-refractivity contribution >= 4 is 16.3 Å². The number of hydrogen-bond donors (Lipinski definition) is 0. The van der Waals surface area contributed by atoms with Gasteiger partial charge < -0.3 is 0 Å². The van der Waals surface area contributed by atoms with E-state index in [1.165, 1.54) is 34.5 Å². The number of rotatable bonds is 2. The SMILES string of the molecule is O=c1cc(CN2CCc3ccccc3C2)nc2sc3c(n12)CCCC3. The van der Waals surface area contributed by atoms with Crippen LogP contribution in [0.3, 0.4) is 0 Å². The van der Waals surface area contributed by atoms with Crippen molar-refractivity contribution in [2.45, 2.75) is 45.2 Å². The second-order valence-corrected chi connectivity index (χ2v) is 8.17. The van der Waals surface area contributed by atoms with Crippen LogP contribution in [0.4, 0.5) is 0 Å². The summed E-state index contributed by atoms with van der Waals surface area (Å²) in [6.07, 6.45) is 5.60. The summed E-state index contributed by atoms with van der Waals surface area (Å²) in [6.45, 7) is 2.72. The number of thiazole rings is 1. The average Bonchev–Trinajstić information content (AvgIpc) is 3.00. The molecule has 5 rings (SSSR count). The van der Waals surface area contributed by atoms with Crippen LogP contribution in [0.15, 0.2) is 35.1 Å². The highest BCUT2D eigenvalue weighted by Crippen LogP contribution is 2.28. The summed E-state index contributed by atoms with van der Waals surface area (Å²) in [5.41, 5.74) is 5.06. The van der Waals surface area contributed by atoms with Crippen molar-refractivity contribution in [1.82, 2.24) is 14.3 Å². The smallest absolute Gasteiger partial charge is 0.259 e. The van der Waals surface area contributed by atoms with Crippen molar-refractivity contribution in [3.8, 4) is 0 Å². The molecule has 0 spiro atoms. The minimum atomic E-state index is 0.0943. The maximum Gasteiger partial charge on any atom is 0.259 e. The van der Waals surface area contributed by atoms with Gasteiger partial charge in [0, 0.05) is 36.3 Å². The van der Waals surface area contributed by atoms with Crippen molar-refractivity contribution in [3.05, 3.63) is 68.1 Å². The fourth-order valence-electron chi connectivity index (χ4n) is 4.14. The first-order chi connectivity index (χ1) is 12.3. The number of nitrogens with zero attached hydrogens (tertiary/aromatic N) is 3. The van der Waals surface area contributed by atoms with Gasteiger partial charge in [0.25, 0.3) is 5.56 Å². The van der Waals surface area contributed by atoms with Crippen molar-refractivity contribution < 1.29 is 0 Å². The standard InChI is InChI=1S/C20H21N3OS/c24-19-11-16(13-22-10-9-14-5-1-2-6-15(14)12-22)21-20-23(19)17-7-3-4-8-18(17)25-20/h1-2,5-6,11H,3-4,7-10,12-13H2. The van der Waals surface area contributed by atoms with Crippen LogP contribution in [-0.4, -0.2) is 20.8 Å². The molecule has 2 aliphatic rings. The Morgan fingerprint density at radius 3 is 2.84 bits per heavy atom. The first kappa shape index (κ1) is 15.3. The first-order valence-corrected chi connectivity index (χ1v) is 9.92. The summed E-state index contributed by atoms with van der Waals surface area (Å²) in [7, 11) is 0. The van der Waals surface area contributed by atoms with E-state index in [4.69, 9.17) is 4.98 Å². The molecular formula is C20H21N3OS. The Balaban J connectivity index is 1.45. The third kappa shape index (κ3) is 2.71.